The molecule has 2 aromatic heterocycles. The molecule has 0 spiro atoms. The van der Waals surface area contributed by atoms with E-state index in [4.69, 9.17) is 15.7 Å². The predicted octanol–water partition coefficient (Wildman–Crippen LogP) is 2.72. The number of carbonyl (C=O) groups excluding carboxylic acids is 2. The minimum Gasteiger partial charge on any atom is -0.455 e. The van der Waals surface area contributed by atoms with Crippen molar-refractivity contribution in [3.05, 3.63) is 106 Å². The van der Waals surface area contributed by atoms with Gasteiger partial charge in [0, 0.05) is 31.1 Å². The lowest BCUT2D eigenvalue weighted by Gasteiger charge is -2.09. The van der Waals surface area contributed by atoms with Crippen molar-refractivity contribution in [1.29, 1.82) is 0 Å². The summed E-state index contributed by atoms with van der Waals surface area (Å²) in [4.78, 5) is 37.7. The van der Waals surface area contributed by atoms with Crippen molar-refractivity contribution in [2.75, 3.05) is 0 Å². The van der Waals surface area contributed by atoms with Crippen LogP contribution in [0.1, 0.15) is 26.5 Å². The van der Waals surface area contributed by atoms with Crippen LogP contribution >= 0.6 is 0 Å². The number of rotatable bonds is 5. The predicted molar refractivity (Wildman–Crippen MR) is 124 cm³/mol. The van der Waals surface area contributed by atoms with E-state index in [0.717, 1.165) is 23.5 Å². The van der Waals surface area contributed by atoms with Gasteiger partial charge in [0.2, 0.25) is 0 Å². The fraction of sp³-hybridized carbons (Fsp3) is 0.0833. The van der Waals surface area contributed by atoms with Crippen LogP contribution in [-0.4, -0.2) is 31.4 Å². The van der Waals surface area contributed by atoms with Gasteiger partial charge in [-0.25, -0.2) is 19.5 Å². The number of hydrogen-bond donors (Lipinski definition) is 3. The Morgan fingerprint density at radius 1 is 1.09 bits per heavy atom. The molecular formula is C24H22FN5O5. The number of carbonyl (C=O) groups is 2. The lowest BCUT2D eigenvalue weighted by Crippen LogP contribution is -2.19. The summed E-state index contributed by atoms with van der Waals surface area (Å²) in [5, 5.41) is 8.46. The van der Waals surface area contributed by atoms with E-state index in [9.17, 15) is 18.8 Å². The Morgan fingerprint density at radius 2 is 1.80 bits per heavy atom. The summed E-state index contributed by atoms with van der Waals surface area (Å²) in [6.45, 7) is 1.92. The third kappa shape index (κ3) is 5.78. The van der Waals surface area contributed by atoms with Crippen LogP contribution in [0, 0.1) is 12.7 Å². The lowest BCUT2D eigenvalue weighted by atomic mass is 10.2. The van der Waals surface area contributed by atoms with Crippen molar-refractivity contribution in [2.24, 2.45) is 12.8 Å². The van der Waals surface area contributed by atoms with E-state index in [1.54, 1.807) is 10.7 Å². The molecule has 0 saturated heterocycles. The molecule has 0 radical (unpaired) electrons. The number of nitrogens with two attached hydrogens (primary N) is 1. The average Bonchev–Trinajstić information content (AvgIpc) is 3.10. The van der Waals surface area contributed by atoms with Crippen molar-refractivity contribution in [3.63, 3.8) is 0 Å². The van der Waals surface area contributed by atoms with Gasteiger partial charge in [0.15, 0.2) is 11.4 Å². The van der Waals surface area contributed by atoms with Gasteiger partial charge in [-0.15, -0.1) is 0 Å². The fourth-order valence-corrected chi connectivity index (χ4v) is 3.10. The molecule has 35 heavy (non-hydrogen) atoms. The molecule has 0 aliphatic carbocycles. The maximum absolute atomic E-state index is 13.7. The molecule has 0 saturated carbocycles. The molecule has 0 aliphatic rings. The smallest absolute Gasteiger partial charge is 0.277 e. The van der Waals surface area contributed by atoms with E-state index < -0.39 is 17.6 Å². The van der Waals surface area contributed by atoms with Crippen LogP contribution in [0.5, 0.6) is 11.5 Å². The molecule has 0 aliphatic heterocycles. The molecule has 2 aromatic carbocycles. The Hall–Kier alpha value is -4.77. The summed E-state index contributed by atoms with van der Waals surface area (Å²) in [5.41, 5.74) is 7.87. The van der Waals surface area contributed by atoms with Crippen LogP contribution in [0.2, 0.25) is 0 Å². The average molecular weight is 479 g/mol. The van der Waals surface area contributed by atoms with Crippen LogP contribution in [0.25, 0.3) is 5.69 Å². The van der Waals surface area contributed by atoms with Gasteiger partial charge in [-0.1, -0.05) is 18.2 Å². The minimum absolute atomic E-state index is 0.0104. The number of para-hydroxylation sites is 1. The molecule has 10 nitrogen and oxygen atoms in total. The molecule has 0 atom stereocenters. The monoisotopic (exact) mass is 479 g/mol. The topological polar surface area (TPSA) is 141 Å². The van der Waals surface area contributed by atoms with Gasteiger partial charge in [0.25, 0.3) is 17.4 Å². The fourth-order valence-electron chi connectivity index (χ4n) is 3.10. The zero-order chi connectivity index (χ0) is 25.5. The van der Waals surface area contributed by atoms with Gasteiger partial charge < -0.3 is 10.5 Å². The highest BCUT2D eigenvalue weighted by Crippen LogP contribution is 2.25. The molecule has 0 unspecified atom stereocenters. The highest BCUT2D eigenvalue weighted by Gasteiger charge is 2.15. The first-order valence-electron chi connectivity index (χ1n) is 10.2. The molecule has 0 fully saturated rings. The second-order valence-electron chi connectivity index (χ2n) is 7.19. The number of pyridine rings is 1. The summed E-state index contributed by atoms with van der Waals surface area (Å²) >= 11 is 0. The van der Waals surface area contributed by atoms with E-state index in [0.29, 0.717) is 0 Å². The molecule has 2 amide bonds. The van der Waals surface area contributed by atoms with Crippen molar-refractivity contribution < 1.29 is 23.9 Å². The summed E-state index contributed by atoms with van der Waals surface area (Å²) in [6.07, 6.45) is 1.36. The summed E-state index contributed by atoms with van der Waals surface area (Å²) in [5.74, 6) is -2.58. The van der Waals surface area contributed by atoms with Crippen LogP contribution in [0.15, 0.2) is 77.7 Å². The quantitative estimate of drug-likeness (QED) is 0.297. The van der Waals surface area contributed by atoms with Gasteiger partial charge in [-0.2, -0.15) is 0 Å². The van der Waals surface area contributed by atoms with Crippen LogP contribution < -0.4 is 21.5 Å². The molecule has 11 heteroatoms. The minimum atomic E-state index is -0.988. The number of ether oxygens (including phenoxy) is 1. The van der Waals surface area contributed by atoms with Crippen molar-refractivity contribution >= 4 is 11.8 Å². The standard InChI is InChI=1S/C13H10FN3O4.C11H12N2O/c14-9-6-7(3-4-8(9)13(19)17-20)21-10-2-1-5-16-11(10)12(15)18;1-9-8-11(14)13(12(9)2)10-6-4-3-5-7-10/h1-6,20H,(H2,15,18)(H,17,19);3-8H,1-2H3. The van der Waals surface area contributed by atoms with Crippen molar-refractivity contribution in [1.82, 2.24) is 19.8 Å². The molecular weight excluding hydrogens is 457 g/mol. The summed E-state index contributed by atoms with van der Waals surface area (Å²) in [6, 6.07) is 17.6. The SMILES string of the molecule is Cc1cc(=O)n(-c2ccccc2)n1C.NC(=O)c1ncccc1Oc1ccc(C(=O)NO)c(F)c1. The Balaban J connectivity index is 0.000000211. The zero-order valence-corrected chi connectivity index (χ0v) is 18.8. The number of amides is 2. The number of nitrogens with zero attached hydrogens (tertiary/aromatic N) is 3. The maximum Gasteiger partial charge on any atom is 0.277 e. The van der Waals surface area contributed by atoms with E-state index >= 15 is 0 Å². The number of aromatic nitrogens is 3. The third-order valence-electron chi connectivity index (χ3n) is 4.87. The normalized spacial score (nSPS) is 10.2. The first-order valence-corrected chi connectivity index (χ1v) is 10.2. The van der Waals surface area contributed by atoms with Crippen molar-refractivity contribution in [3.8, 4) is 17.2 Å². The van der Waals surface area contributed by atoms with Gasteiger partial charge in [0.1, 0.15) is 11.6 Å². The number of primary amides is 1. The molecule has 180 valence electrons. The van der Waals surface area contributed by atoms with Gasteiger partial charge in [0.05, 0.1) is 11.3 Å². The van der Waals surface area contributed by atoms with E-state index in [2.05, 4.69) is 4.98 Å². The zero-order valence-electron chi connectivity index (χ0n) is 18.8. The Morgan fingerprint density at radius 3 is 2.37 bits per heavy atom. The van der Waals surface area contributed by atoms with Gasteiger partial charge >= 0.3 is 0 Å². The molecule has 4 rings (SSSR count). The molecule has 4 N–H and O–H groups in total. The first-order chi connectivity index (χ1) is 16.7. The Labute approximate surface area is 199 Å². The number of halogens is 1. The maximum atomic E-state index is 13.7. The van der Waals surface area contributed by atoms with Crippen LogP contribution in [0.4, 0.5) is 4.39 Å². The molecule has 0 bridgehead atoms. The van der Waals surface area contributed by atoms with E-state index in [1.165, 1.54) is 29.9 Å². The number of hydrogen-bond acceptors (Lipinski definition) is 6. The third-order valence-corrected chi connectivity index (χ3v) is 4.87. The lowest BCUT2D eigenvalue weighted by molar-refractivity contribution is 0.0701. The summed E-state index contributed by atoms with van der Waals surface area (Å²) < 4.78 is 22.5. The van der Waals surface area contributed by atoms with E-state index in [1.807, 2.05) is 49.0 Å². The highest BCUT2D eigenvalue weighted by atomic mass is 19.1. The summed E-state index contributed by atoms with van der Waals surface area (Å²) in [7, 11) is 1.88. The second-order valence-corrected chi connectivity index (χ2v) is 7.19. The van der Waals surface area contributed by atoms with Gasteiger partial charge in [-0.3, -0.25) is 24.3 Å². The van der Waals surface area contributed by atoms with Crippen LogP contribution in [-0.2, 0) is 7.05 Å². The molecule has 4 aromatic rings. The van der Waals surface area contributed by atoms with E-state index in [-0.39, 0.29) is 28.3 Å². The number of benzene rings is 2. The largest absolute Gasteiger partial charge is 0.455 e. The highest BCUT2D eigenvalue weighted by molar-refractivity contribution is 5.94. The number of hydroxylamine groups is 1. The Bertz CT molecular complexity index is 1420. The number of nitrogens with one attached hydrogen (secondary N) is 1. The number of aryl methyl sites for hydroxylation is 1. The Kier molecular flexibility index (Phi) is 7.74. The first kappa shape index (κ1) is 24.9. The van der Waals surface area contributed by atoms with Crippen LogP contribution in [0.3, 0.4) is 0 Å². The van der Waals surface area contributed by atoms with Crippen molar-refractivity contribution in [2.45, 2.75) is 6.92 Å². The second kappa shape index (κ2) is 10.9. The molecule has 2 heterocycles. The van der Waals surface area contributed by atoms with Gasteiger partial charge in [-0.05, 0) is 43.3 Å².